The minimum atomic E-state index is -0.112. The van der Waals surface area contributed by atoms with Crippen molar-refractivity contribution in [1.29, 1.82) is 0 Å². The SMILES string of the molecule is C#CCn1c(=O)c(CNC(c2ccccc2)c2ccc(Cl)cc2)cc2ccc(OC)cc21. The summed E-state index contributed by atoms with van der Waals surface area (Å²) in [7, 11) is 1.60. The lowest BCUT2D eigenvalue weighted by atomic mass is 9.98. The van der Waals surface area contributed by atoms with Crippen LogP contribution in [0.25, 0.3) is 10.9 Å². The van der Waals surface area contributed by atoms with E-state index in [2.05, 4.69) is 23.4 Å². The van der Waals surface area contributed by atoms with Gasteiger partial charge in [0, 0.05) is 23.2 Å². The van der Waals surface area contributed by atoms with Crippen molar-refractivity contribution in [3.05, 3.63) is 111 Å². The minimum Gasteiger partial charge on any atom is -0.497 e. The van der Waals surface area contributed by atoms with Crippen molar-refractivity contribution in [3.63, 3.8) is 0 Å². The maximum atomic E-state index is 13.3. The van der Waals surface area contributed by atoms with Gasteiger partial charge in [-0.15, -0.1) is 6.42 Å². The number of hydrogen-bond donors (Lipinski definition) is 1. The van der Waals surface area contributed by atoms with Gasteiger partial charge < -0.3 is 10.1 Å². The molecule has 0 saturated heterocycles. The molecule has 0 amide bonds. The Kier molecular flexibility index (Phi) is 6.61. The number of fused-ring (bicyclic) bond motifs is 1. The van der Waals surface area contributed by atoms with E-state index in [1.807, 2.05) is 66.7 Å². The van der Waals surface area contributed by atoms with Crippen LogP contribution in [0.4, 0.5) is 0 Å². The van der Waals surface area contributed by atoms with Gasteiger partial charge in [-0.2, -0.15) is 0 Å². The highest BCUT2D eigenvalue weighted by Crippen LogP contribution is 2.25. The van der Waals surface area contributed by atoms with E-state index >= 15 is 0 Å². The predicted molar refractivity (Wildman–Crippen MR) is 130 cm³/mol. The molecule has 1 N–H and O–H groups in total. The van der Waals surface area contributed by atoms with Crippen LogP contribution in [0.3, 0.4) is 0 Å². The van der Waals surface area contributed by atoms with Crippen LogP contribution < -0.4 is 15.6 Å². The zero-order valence-corrected chi connectivity index (χ0v) is 18.5. The van der Waals surface area contributed by atoms with Gasteiger partial charge in [0.15, 0.2) is 0 Å². The highest BCUT2D eigenvalue weighted by Gasteiger charge is 2.16. The molecule has 1 unspecified atom stereocenters. The van der Waals surface area contributed by atoms with Crippen LogP contribution in [0.2, 0.25) is 5.02 Å². The van der Waals surface area contributed by atoms with Gasteiger partial charge in [-0.1, -0.05) is 60.0 Å². The maximum absolute atomic E-state index is 13.3. The van der Waals surface area contributed by atoms with Gasteiger partial charge in [0.25, 0.3) is 5.56 Å². The Balaban J connectivity index is 1.72. The molecule has 4 nitrogen and oxygen atoms in total. The van der Waals surface area contributed by atoms with E-state index in [1.54, 1.807) is 11.7 Å². The third-order valence-corrected chi connectivity index (χ3v) is 5.71. The van der Waals surface area contributed by atoms with Crippen LogP contribution >= 0.6 is 11.6 Å². The number of hydrogen-bond acceptors (Lipinski definition) is 3. The van der Waals surface area contributed by atoms with Crippen molar-refractivity contribution in [3.8, 4) is 18.1 Å². The average molecular weight is 443 g/mol. The molecular weight excluding hydrogens is 420 g/mol. The molecule has 3 aromatic carbocycles. The lowest BCUT2D eigenvalue weighted by Gasteiger charge is -2.21. The summed E-state index contributed by atoms with van der Waals surface area (Å²) in [4.78, 5) is 13.3. The van der Waals surface area contributed by atoms with E-state index in [-0.39, 0.29) is 18.1 Å². The molecule has 0 saturated carbocycles. The summed E-state index contributed by atoms with van der Waals surface area (Å²) in [6, 6.07) is 25.3. The predicted octanol–water partition coefficient (Wildman–Crippen LogP) is 5.18. The number of methoxy groups -OCH3 is 1. The lowest BCUT2D eigenvalue weighted by Crippen LogP contribution is -2.29. The first-order chi connectivity index (χ1) is 15.6. The van der Waals surface area contributed by atoms with E-state index < -0.39 is 0 Å². The number of nitrogens with zero attached hydrogens (tertiary/aromatic N) is 1. The van der Waals surface area contributed by atoms with E-state index in [1.165, 1.54) is 0 Å². The highest BCUT2D eigenvalue weighted by atomic mass is 35.5. The normalized spacial score (nSPS) is 11.8. The number of aromatic nitrogens is 1. The largest absolute Gasteiger partial charge is 0.497 e. The van der Waals surface area contributed by atoms with Crippen LogP contribution in [0, 0.1) is 12.3 Å². The van der Waals surface area contributed by atoms with E-state index in [0.29, 0.717) is 22.9 Å². The van der Waals surface area contributed by atoms with Gasteiger partial charge >= 0.3 is 0 Å². The monoisotopic (exact) mass is 442 g/mol. The van der Waals surface area contributed by atoms with Crippen molar-refractivity contribution in [1.82, 2.24) is 9.88 Å². The van der Waals surface area contributed by atoms with E-state index in [4.69, 9.17) is 22.8 Å². The van der Waals surface area contributed by atoms with E-state index in [0.717, 1.165) is 22.0 Å². The van der Waals surface area contributed by atoms with Crippen molar-refractivity contribution < 1.29 is 4.74 Å². The third kappa shape index (κ3) is 4.55. The number of rotatable bonds is 7. The molecular formula is C27H23ClN2O2. The lowest BCUT2D eigenvalue weighted by molar-refractivity contribution is 0.415. The molecule has 0 aliphatic carbocycles. The third-order valence-electron chi connectivity index (χ3n) is 5.46. The number of ether oxygens (including phenoxy) is 1. The van der Waals surface area contributed by atoms with Gasteiger partial charge in [0.2, 0.25) is 0 Å². The molecule has 0 bridgehead atoms. The molecule has 0 spiro atoms. The highest BCUT2D eigenvalue weighted by molar-refractivity contribution is 6.30. The summed E-state index contributed by atoms with van der Waals surface area (Å²) in [6.45, 7) is 0.573. The zero-order valence-electron chi connectivity index (χ0n) is 17.7. The van der Waals surface area contributed by atoms with Crippen molar-refractivity contribution in [2.75, 3.05) is 7.11 Å². The molecule has 0 radical (unpaired) electrons. The summed E-state index contributed by atoms with van der Waals surface area (Å²) in [5.74, 6) is 3.27. The standard InChI is InChI=1S/C27H23ClN2O2/c1-3-15-30-25-17-24(32-2)14-11-21(25)16-22(27(30)31)18-29-26(19-7-5-4-6-8-19)20-9-12-23(28)13-10-20/h1,4-14,16-17,26,29H,15,18H2,2H3. The smallest absolute Gasteiger partial charge is 0.256 e. The Morgan fingerprint density at radius 1 is 1.03 bits per heavy atom. The summed E-state index contributed by atoms with van der Waals surface area (Å²) in [5, 5.41) is 5.17. The van der Waals surface area contributed by atoms with Crippen LogP contribution in [0.1, 0.15) is 22.7 Å². The first kappa shape index (κ1) is 21.7. The first-order valence-corrected chi connectivity index (χ1v) is 10.7. The number of nitrogens with one attached hydrogen (secondary N) is 1. The van der Waals surface area contributed by atoms with Gasteiger partial charge in [-0.25, -0.2) is 0 Å². The fourth-order valence-electron chi connectivity index (χ4n) is 3.85. The summed E-state index contributed by atoms with van der Waals surface area (Å²) in [6.07, 6.45) is 5.56. The molecule has 5 heteroatoms. The Hall–Kier alpha value is -3.52. The second-order valence-electron chi connectivity index (χ2n) is 7.47. The van der Waals surface area contributed by atoms with Crippen LogP contribution in [-0.2, 0) is 13.1 Å². The van der Waals surface area contributed by atoms with Gasteiger partial charge in [0.05, 0.1) is 25.2 Å². The number of halogens is 1. The molecule has 1 heterocycles. The fourth-order valence-corrected chi connectivity index (χ4v) is 3.98. The average Bonchev–Trinajstić information content (AvgIpc) is 2.83. The quantitative estimate of drug-likeness (QED) is 0.401. The van der Waals surface area contributed by atoms with Crippen molar-refractivity contribution >= 4 is 22.5 Å². The molecule has 1 atom stereocenters. The summed E-state index contributed by atoms with van der Waals surface area (Å²) < 4.78 is 6.94. The number of benzene rings is 3. The molecule has 4 rings (SSSR count). The van der Waals surface area contributed by atoms with Gasteiger partial charge in [-0.05, 0) is 46.8 Å². The molecule has 1 aromatic heterocycles. The maximum Gasteiger partial charge on any atom is 0.256 e. The minimum absolute atomic E-state index is 0.0967. The summed E-state index contributed by atoms with van der Waals surface area (Å²) in [5.41, 5.74) is 3.46. The second-order valence-corrected chi connectivity index (χ2v) is 7.90. The molecule has 160 valence electrons. The first-order valence-electron chi connectivity index (χ1n) is 10.3. The zero-order chi connectivity index (χ0) is 22.5. The Labute approximate surface area is 192 Å². The Bertz CT molecular complexity index is 1320. The molecule has 0 fully saturated rings. The number of terminal acetylenes is 1. The van der Waals surface area contributed by atoms with Crippen molar-refractivity contribution in [2.24, 2.45) is 0 Å². The fraction of sp³-hybridized carbons (Fsp3) is 0.148. The van der Waals surface area contributed by atoms with Crippen LogP contribution in [0.15, 0.2) is 83.7 Å². The number of pyridine rings is 1. The molecule has 0 aliphatic rings. The van der Waals surface area contributed by atoms with Gasteiger partial charge in [0.1, 0.15) is 5.75 Å². The molecule has 4 aromatic rings. The topological polar surface area (TPSA) is 43.3 Å². The van der Waals surface area contributed by atoms with Crippen molar-refractivity contribution in [2.45, 2.75) is 19.1 Å². The second kappa shape index (κ2) is 9.74. The summed E-state index contributed by atoms with van der Waals surface area (Å²) >= 11 is 6.09. The molecule has 32 heavy (non-hydrogen) atoms. The van der Waals surface area contributed by atoms with Crippen LogP contribution in [-0.4, -0.2) is 11.7 Å². The van der Waals surface area contributed by atoms with Crippen LogP contribution in [0.5, 0.6) is 5.75 Å². The van der Waals surface area contributed by atoms with E-state index in [9.17, 15) is 4.79 Å². The Morgan fingerprint density at radius 3 is 2.44 bits per heavy atom. The van der Waals surface area contributed by atoms with Gasteiger partial charge in [-0.3, -0.25) is 9.36 Å². The molecule has 0 aliphatic heterocycles. The Morgan fingerprint density at radius 2 is 1.75 bits per heavy atom.